The van der Waals surface area contributed by atoms with Crippen molar-refractivity contribution in [2.45, 2.75) is 48.8 Å². The van der Waals surface area contributed by atoms with E-state index in [4.69, 9.17) is 28.2 Å². The van der Waals surface area contributed by atoms with E-state index in [9.17, 15) is 8.42 Å². The molecule has 1 aromatic heterocycles. The fourth-order valence-electron chi connectivity index (χ4n) is 5.85. The van der Waals surface area contributed by atoms with Crippen LogP contribution in [0.4, 0.5) is 5.13 Å². The predicted octanol–water partition coefficient (Wildman–Crippen LogP) is 5.72. The van der Waals surface area contributed by atoms with E-state index in [0.717, 1.165) is 23.4 Å². The van der Waals surface area contributed by atoms with Crippen molar-refractivity contribution in [3.05, 3.63) is 39.3 Å². The van der Waals surface area contributed by atoms with E-state index in [1.54, 1.807) is 12.1 Å². The van der Waals surface area contributed by atoms with Crippen LogP contribution in [0.15, 0.2) is 28.5 Å². The first-order valence-electron chi connectivity index (χ1n) is 9.27. The number of hydrogen-bond donors (Lipinski definition) is 1. The van der Waals surface area contributed by atoms with Crippen LogP contribution in [0, 0.1) is 17.8 Å². The molecule has 0 aliphatic heterocycles. The van der Waals surface area contributed by atoms with E-state index in [1.807, 2.05) is 5.38 Å². The van der Waals surface area contributed by atoms with Crippen molar-refractivity contribution in [1.82, 2.24) is 4.98 Å². The van der Waals surface area contributed by atoms with Crippen LogP contribution in [-0.4, -0.2) is 13.4 Å². The smallest absolute Gasteiger partial charge is 0.255 e. The third-order valence-electron chi connectivity index (χ3n) is 6.51. The fraction of sp³-hybridized carbons (Fsp3) is 0.526. The van der Waals surface area contributed by atoms with Gasteiger partial charge in [-0.25, -0.2) is 13.4 Å². The molecule has 8 heteroatoms. The Hall–Kier alpha value is -0.820. The summed E-state index contributed by atoms with van der Waals surface area (Å²) in [5.74, 6) is 2.47. The minimum absolute atomic E-state index is 0.0248. The van der Waals surface area contributed by atoms with Gasteiger partial charge in [0.1, 0.15) is 4.90 Å². The average Bonchev–Trinajstić information content (AvgIpc) is 3.04. The van der Waals surface area contributed by atoms with Gasteiger partial charge in [0.25, 0.3) is 10.0 Å². The molecule has 4 aliphatic carbocycles. The lowest BCUT2D eigenvalue weighted by atomic mass is 9.49. The quantitative estimate of drug-likeness (QED) is 0.658. The summed E-state index contributed by atoms with van der Waals surface area (Å²) >= 11 is 13.4. The predicted molar refractivity (Wildman–Crippen MR) is 109 cm³/mol. The van der Waals surface area contributed by atoms with Gasteiger partial charge in [-0.1, -0.05) is 29.3 Å². The second-order valence-corrected chi connectivity index (χ2v) is 11.7. The normalized spacial score (nSPS) is 32.0. The Kier molecular flexibility index (Phi) is 4.28. The zero-order valence-corrected chi connectivity index (χ0v) is 17.8. The molecule has 0 amide bonds. The lowest BCUT2D eigenvalue weighted by Crippen LogP contribution is -2.48. The Labute approximate surface area is 173 Å². The molecule has 1 heterocycles. The monoisotopic (exact) mass is 442 g/mol. The molecular formula is C19H20Cl2N2O2S2. The number of halogens is 2. The summed E-state index contributed by atoms with van der Waals surface area (Å²) in [6.07, 6.45) is 7.72. The lowest BCUT2D eigenvalue weighted by Gasteiger charge is -2.56. The Morgan fingerprint density at radius 3 is 2.33 bits per heavy atom. The molecule has 4 bridgehead atoms. The second kappa shape index (κ2) is 6.34. The highest BCUT2D eigenvalue weighted by Gasteiger charge is 2.52. The van der Waals surface area contributed by atoms with Crippen LogP contribution in [-0.2, 0) is 15.4 Å². The average molecular weight is 443 g/mol. The van der Waals surface area contributed by atoms with Gasteiger partial charge in [0.15, 0.2) is 5.13 Å². The molecule has 27 heavy (non-hydrogen) atoms. The zero-order valence-electron chi connectivity index (χ0n) is 14.6. The molecule has 4 saturated carbocycles. The van der Waals surface area contributed by atoms with E-state index < -0.39 is 10.0 Å². The fourth-order valence-corrected chi connectivity index (χ4v) is 8.70. The molecule has 144 valence electrons. The molecule has 1 N–H and O–H groups in total. The van der Waals surface area contributed by atoms with Crippen LogP contribution in [0.2, 0.25) is 10.0 Å². The summed E-state index contributed by atoms with van der Waals surface area (Å²) in [6.45, 7) is 0. The number of anilines is 1. The molecule has 0 saturated heterocycles. The van der Waals surface area contributed by atoms with Crippen molar-refractivity contribution in [2.24, 2.45) is 17.8 Å². The largest absolute Gasteiger partial charge is 0.265 e. The van der Waals surface area contributed by atoms with Crippen molar-refractivity contribution in [1.29, 1.82) is 0 Å². The maximum absolute atomic E-state index is 12.7. The van der Waals surface area contributed by atoms with Gasteiger partial charge in [-0.3, -0.25) is 4.72 Å². The van der Waals surface area contributed by atoms with Crippen LogP contribution in [0.1, 0.15) is 44.2 Å². The standard InChI is InChI=1S/C19H20Cl2N2O2S2/c20-14-2-1-3-15(17(14)21)27(24,25)23-18-22-16(10-26-18)19-7-11-4-12(8-19)6-13(5-11)9-19/h1-3,10-13H,4-9H2,(H,22,23). The lowest BCUT2D eigenvalue weighted by molar-refractivity contribution is -0.00688. The van der Waals surface area contributed by atoms with Gasteiger partial charge in [-0.2, -0.15) is 0 Å². The summed E-state index contributed by atoms with van der Waals surface area (Å²) < 4.78 is 28.1. The van der Waals surface area contributed by atoms with Gasteiger partial charge in [-0.05, 0) is 68.4 Å². The maximum Gasteiger partial charge on any atom is 0.265 e. The highest BCUT2D eigenvalue weighted by Crippen LogP contribution is 2.60. The SMILES string of the molecule is O=S(=O)(Nc1nc(C23CC4CC(CC(C4)C2)C3)cs1)c1cccc(Cl)c1Cl. The van der Waals surface area contributed by atoms with Crippen molar-refractivity contribution in [3.8, 4) is 0 Å². The number of nitrogens with one attached hydrogen (secondary N) is 1. The van der Waals surface area contributed by atoms with Crippen molar-refractivity contribution in [3.63, 3.8) is 0 Å². The van der Waals surface area contributed by atoms with Crippen LogP contribution in [0.5, 0.6) is 0 Å². The highest BCUT2D eigenvalue weighted by atomic mass is 35.5. The molecule has 0 unspecified atom stereocenters. The number of nitrogens with zero attached hydrogens (tertiary/aromatic N) is 1. The van der Waals surface area contributed by atoms with Gasteiger partial charge in [0.2, 0.25) is 0 Å². The number of rotatable bonds is 4. The summed E-state index contributed by atoms with van der Waals surface area (Å²) in [6, 6.07) is 4.59. The van der Waals surface area contributed by atoms with E-state index in [0.29, 0.717) is 5.13 Å². The Morgan fingerprint density at radius 2 is 1.70 bits per heavy atom. The number of hydrogen-bond acceptors (Lipinski definition) is 4. The molecular weight excluding hydrogens is 423 g/mol. The van der Waals surface area contributed by atoms with Gasteiger partial charge >= 0.3 is 0 Å². The van der Waals surface area contributed by atoms with Gasteiger partial charge in [-0.15, -0.1) is 11.3 Å². The molecule has 1 aromatic carbocycles. The van der Waals surface area contributed by atoms with E-state index in [2.05, 4.69) is 4.72 Å². The Balaban J connectivity index is 1.42. The highest BCUT2D eigenvalue weighted by molar-refractivity contribution is 7.93. The molecule has 2 aromatic rings. The minimum Gasteiger partial charge on any atom is -0.255 e. The molecule has 4 nitrogen and oxygen atoms in total. The van der Waals surface area contributed by atoms with Crippen LogP contribution in [0.25, 0.3) is 0 Å². The van der Waals surface area contributed by atoms with Gasteiger partial charge < -0.3 is 0 Å². The molecule has 4 fully saturated rings. The van der Waals surface area contributed by atoms with Gasteiger partial charge in [0.05, 0.1) is 15.7 Å². The van der Waals surface area contributed by atoms with Crippen molar-refractivity contribution in [2.75, 3.05) is 4.72 Å². The van der Waals surface area contributed by atoms with Crippen LogP contribution >= 0.6 is 34.5 Å². The molecule has 0 radical (unpaired) electrons. The second-order valence-electron chi connectivity index (χ2n) is 8.39. The van der Waals surface area contributed by atoms with Crippen molar-refractivity contribution >= 4 is 49.7 Å². The summed E-state index contributed by atoms with van der Waals surface area (Å²) in [4.78, 5) is 4.69. The van der Waals surface area contributed by atoms with Crippen LogP contribution in [0.3, 0.4) is 0 Å². The number of sulfonamides is 1. The third kappa shape index (κ3) is 3.09. The summed E-state index contributed by atoms with van der Waals surface area (Å²) in [5, 5.41) is 2.69. The third-order valence-corrected chi connectivity index (χ3v) is 9.71. The van der Waals surface area contributed by atoms with Crippen LogP contribution < -0.4 is 4.72 Å². The van der Waals surface area contributed by atoms with E-state index in [1.165, 1.54) is 55.9 Å². The first-order valence-corrected chi connectivity index (χ1v) is 12.4. The Morgan fingerprint density at radius 1 is 1.07 bits per heavy atom. The maximum atomic E-state index is 12.7. The number of benzene rings is 1. The molecule has 4 aliphatic rings. The van der Waals surface area contributed by atoms with Crippen molar-refractivity contribution < 1.29 is 8.42 Å². The topological polar surface area (TPSA) is 59.1 Å². The van der Waals surface area contributed by atoms with E-state index >= 15 is 0 Å². The Bertz CT molecular complexity index is 968. The minimum atomic E-state index is -3.83. The number of aromatic nitrogens is 1. The summed E-state index contributed by atoms with van der Waals surface area (Å²) in [7, 11) is -3.83. The first-order chi connectivity index (χ1) is 12.8. The summed E-state index contributed by atoms with van der Waals surface area (Å²) in [5.41, 5.74) is 1.23. The molecule has 0 atom stereocenters. The molecule has 6 rings (SSSR count). The number of thiazole rings is 1. The van der Waals surface area contributed by atoms with Gasteiger partial charge in [0, 0.05) is 10.8 Å². The van der Waals surface area contributed by atoms with E-state index in [-0.39, 0.29) is 20.4 Å². The zero-order chi connectivity index (χ0) is 18.8. The molecule has 0 spiro atoms. The first kappa shape index (κ1) is 18.2.